The van der Waals surface area contributed by atoms with Crippen LogP contribution in [0.3, 0.4) is 0 Å². The first kappa shape index (κ1) is 18.2. The maximum Gasteiger partial charge on any atom is 0.319 e. The molecule has 5 heteroatoms. The summed E-state index contributed by atoms with van der Waals surface area (Å²) in [5.74, 6) is 0. The van der Waals surface area contributed by atoms with Crippen molar-refractivity contribution in [3.05, 3.63) is 95.2 Å². The number of halogens is 1. The van der Waals surface area contributed by atoms with Crippen LogP contribution >= 0.6 is 15.9 Å². The van der Waals surface area contributed by atoms with Crippen molar-refractivity contribution in [1.29, 1.82) is 0 Å². The maximum atomic E-state index is 12.2. The zero-order valence-corrected chi connectivity index (χ0v) is 16.6. The highest BCUT2D eigenvalue weighted by molar-refractivity contribution is 9.10. The van der Waals surface area contributed by atoms with Crippen LogP contribution < -0.4 is 10.6 Å². The smallest absolute Gasteiger partial charge is 0.319 e. The van der Waals surface area contributed by atoms with Crippen molar-refractivity contribution in [3.8, 4) is 11.1 Å². The molecule has 0 aliphatic rings. The van der Waals surface area contributed by atoms with Crippen LogP contribution in [-0.2, 0) is 6.54 Å². The molecule has 0 atom stereocenters. The molecule has 138 valence electrons. The van der Waals surface area contributed by atoms with Crippen molar-refractivity contribution < 1.29 is 4.79 Å². The summed E-state index contributed by atoms with van der Waals surface area (Å²) < 4.78 is 0.968. The van der Waals surface area contributed by atoms with Crippen LogP contribution in [-0.4, -0.2) is 11.0 Å². The number of benzene rings is 3. The Morgan fingerprint density at radius 3 is 2.46 bits per heavy atom. The molecule has 3 aromatic carbocycles. The number of rotatable bonds is 4. The van der Waals surface area contributed by atoms with Crippen LogP contribution in [0.15, 0.2) is 89.7 Å². The summed E-state index contributed by atoms with van der Waals surface area (Å²) in [7, 11) is 0. The third-order valence-electron chi connectivity index (χ3n) is 4.53. The highest BCUT2D eigenvalue weighted by Gasteiger charge is 2.09. The molecule has 1 heterocycles. The third kappa shape index (κ3) is 4.05. The van der Waals surface area contributed by atoms with Gasteiger partial charge in [0.25, 0.3) is 0 Å². The number of urea groups is 1. The highest BCUT2D eigenvalue weighted by Crippen LogP contribution is 2.30. The lowest BCUT2D eigenvalue weighted by molar-refractivity contribution is 0.252. The van der Waals surface area contributed by atoms with E-state index in [4.69, 9.17) is 0 Å². The Bertz CT molecular complexity index is 1110. The van der Waals surface area contributed by atoms with Crippen molar-refractivity contribution in [2.24, 2.45) is 0 Å². The van der Waals surface area contributed by atoms with E-state index >= 15 is 0 Å². The fourth-order valence-electron chi connectivity index (χ4n) is 3.16. The maximum absolute atomic E-state index is 12.2. The molecule has 0 saturated carbocycles. The van der Waals surface area contributed by atoms with Crippen LogP contribution in [0.25, 0.3) is 21.9 Å². The number of anilines is 1. The SMILES string of the molecule is O=C(NCc1ccc(-c2ccccc2)c2ccncc12)Nc1ccc(Br)cc1. The number of hydrogen-bond acceptors (Lipinski definition) is 2. The predicted molar refractivity (Wildman–Crippen MR) is 117 cm³/mol. The summed E-state index contributed by atoms with van der Waals surface area (Å²) in [4.78, 5) is 16.5. The molecule has 4 rings (SSSR count). The lowest BCUT2D eigenvalue weighted by Gasteiger charge is -2.13. The Morgan fingerprint density at radius 1 is 0.893 bits per heavy atom. The molecule has 1 aromatic heterocycles. The minimum Gasteiger partial charge on any atom is -0.334 e. The molecular weight excluding hydrogens is 414 g/mol. The molecule has 4 aromatic rings. The van der Waals surface area contributed by atoms with Gasteiger partial charge in [-0.1, -0.05) is 58.4 Å². The Kier molecular flexibility index (Phi) is 5.35. The van der Waals surface area contributed by atoms with Crippen molar-refractivity contribution in [3.63, 3.8) is 0 Å². The molecule has 4 nitrogen and oxygen atoms in total. The molecule has 0 bridgehead atoms. The van der Waals surface area contributed by atoms with Gasteiger partial charge >= 0.3 is 6.03 Å². The minimum atomic E-state index is -0.244. The monoisotopic (exact) mass is 431 g/mol. The quantitative estimate of drug-likeness (QED) is 0.417. The first-order valence-electron chi connectivity index (χ1n) is 8.92. The Morgan fingerprint density at radius 2 is 1.68 bits per heavy atom. The van der Waals surface area contributed by atoms with Gasteiger partial charge < -0.3 is 10.6 Å². The van der Waals surface area contributed by atoms with E-state index < -0.39 is 0 Å². The average Bonchev–Trinajstić information content (AvgIpc) is 2.74. The number of hydrogen-bond donors (Lipinski definition) is 2. The van der Waals surface area contributed by atoms with E-state index in [9.17, 15) is 4.79 Å². The van der Waals surface area contributed by atoms with E-state index in [1.54, 1.807) is 6.20 Å². The predicted octanol–water partition coefficient (Wildman–Crippen LogP) is 5.99. The number of nitrogens with zero attached hydrogens (tertiary/aromatic N) is 1. The van der Waals surface area contributed by atoms with E-state index in [2.05, 4.69) is 49.7 Å². The summed E-state index contributed by atoms with van der Waals surface area (Å²) >= 11 is 3.38. The van der Waals surface area contributed by atoms with Crippen LogP contribution in [0.5, 0.6) is 0 Å². The first-order chi connectivity index (χ1) is 13.7. The van der Waals surface area contributed by atoms with Gasteiger partial charge in [0.15, 0.2) is 0 Å². The van der Waals surface area contributed by atoms with Gasteiger partial charge in [-0.25, -0.2) is 4.79 Å². The topological polar surface area (TPSA) is 54.0 Å². The lowest BCUT2D eigenvalue weighted by atomic mass is 9.96. The van der Waals surface area contributed by atoms with Crippen molar-refractivity contribution >= 4 is 38.4 Å². The molecule has 0 saturated heterocycles. The van der Waals surface area contributed by atoms with E-state index in [1.807, 2.05) is 60.8 Å². The first-order valence-corrected chi connectivity index (χ1v) is 9.71. The van der Waals surface area contributed by atoms with Crippen molar-refractivity contribution in [2.45, 2.75) is 6.54 Å². The second-order valence-electron chi connectivity index (χ2n) is 6.37. The molecule has 0 aliphatic carbocycles. The lowest BCUT2D eigenvalue weighted by Crippen LogP contribution is -2.28. The number of amides is 2. The van der Waals surface area contributed by atoms with Crippen LogP contribution in [0.2, 0.25) is 0 Å². The number of fused-ring (bicyclic) bond motifs is 1. The average molecular weight is 432 g/mol. The minimum absolute atomic E-state index is 0.244. The molecular formula is C23H18BrN3O. The van der Waals surface area contributed by atoms with Gasteiger partial charge in [-0.3, -0.25) is 4.98 Å². The molecule has 0 aliphatic heterocycles. The fourth-order valence-corrected chi connectivity index (χ4v) is 3.42. The molecule has 0 spiro atoms. The number of pyridine rings is 1. The zero-order valence-electron chi connectivity index (χ0n) is 15.0. The van der Waals surface area contributed by atoms with Crippen LogP contribution in [0, 0.1) is 0 Å². The number of nitrogens with one attached hydrogen (secondary N) is 2. The molecule has 0 unspecified atom stereocenters. The Balaban J connectivity index is 1.55. The van der Waals surface area contributed by atoms with E-state index in [-0.39, 0.29) is 6.03 Å². The molecule has 2 N–H and O–H groups in total. The van der Waals surface area contributed by atoms with E-state index in [1.165, 1.54) is 0 Å². The van der Waals surface area contributed by atoms with Crippen molar-refractivity contribution in [1.82, 2.24) is 10.3 Å². The standard InChI is InChI=1S/C23H18BrN3O/c24-18-7-9-19(10-8-18)27-23(28)26-14-17-6-11-20(16-4-2-1-3-5-16)21-12-13-25-15-22(17)21/h1-13,15H,14H2,(H2,26,27,28). The molecule has 28 heavy (non-hydrogen) atoms. The van der Waals surface area contributed by atoms with E-state index in [0.717, 1.165) is 37.6 Å². The van der Waals surface area contributed by atoms with Gasteiger partial charge in [-0.2, -0.15) is 0 Å². The van der Waals surface area contributed by atoms with Gasteiger partial charge in [0, 0.05) is 34.5 Å². The molecule has 0 fully saturated rings. The molecule has 2 amide bonds. The Hall–Kier alpha value is -3.18. The normalized spacial score (nSPS) is 10.6. The zero-order chi connectivity index (χ0) is 19.3. The largest absolute Gasteiger partial charge is 0.334 e. The van der Waals surface area contributed by atoms with Crippen molar-refractivity contribution in [2.75, 3.05) is 5.32 Å². The summed E-state index contributed by atoms with van der Waals surface area (Å²) in [6.07, 6.45) is 3.65. The van der Waals surface area contributed by atoms with E-state index in [0.29, 0.717) is 6.54 Å². The molecule has 0 radical (unpaired) electrons. The number of aromatic nitrogens is 1. The van der Waals surface area contributed by atoms with Gasteiger partial charge in [-0.05, 0) is 52.4 Å². The summed E-state index contributed by atoms with van der Waals surface area (Å²) in [6.45, 7) is 0.416. The van der Waals surface area contributed by atoms with Gasteiger partial charge in [-0.15, -0.1) is 0 Å². The number of carbonyl (C=O) groups is 1. The van der Waals surface area contributed by atoms with Gasteiger partial charge in [0.2, 0.25) is 0 Å². The highest BCUT2D eigenvalue weighted by atomic mass is 79.9. The Labute approximate surface area is 171 Å². The number of carbonyl (C=O) groups excluding carboxylic acids is 1. The second-order valence-corrected chi connectivity index (χ2v) is 7.29. The third-order valence-corrected chi connectivity index (χ3v) is 5.06. The summed E-state index contributed by atoms with van der Waals surface area (Å²) in [6, 6.07) is 23.6. The van der Waals surface area contributed by atoms with Crippen LogP contribution in [0.1, 0.15) is 5.56 Å². The summed E-state index contributed by atoms with van der Waals surface area (Å²) in [5, 5.41) is 7.92. The second kappa shape index (κ2) is 8.23. The summed E-state index contributed by atoms with van der Waals surface area (Å²) in [5.41, 5.74) is 4.08. The van der Waals surface area contributed by atoms with Crippen LogP contribution in [0.4, 0.5) is 10.5 Å². The van der Waals surface area contributed by atoms with Gasteiger partial charge in [0.05, 0.1) is 0 Å². The fraction of sp³-hybridized carbons (Fsp3) is 0.0435. The van der Waals surface area contributed by atoms with Gasteiger partial charge in [0.1, 0.15) is 0 Å².